The van der Waals surface area contributed by atoms with Crippen molar-refractivity contribution < 1.29 is 22.8 Å². The van der Waals surface area contributed by atoms with E-state index in [0.717, 1.165) is 50.5 Å². The minimum absolute atomic E-state index is 0.143. The van der Waals surface area contributed by atoms with Gasteiger partial charge in [0, 0.05) is 68.5 Å². The highest BCUT2D eigenvalue weighted by molar-refractivity contribution is 6.05. The van der Waals surface area contributed by atoms with E-state index in [1.165, 1.54) is 35.0 Å². The lowest BCUT2D eigenvalue weighted by Crippen LogP contribution is -2.43. The predicted molar refractivity (Wildman–Crippen MR) is 173 cm³/mol. The summed E-state index contributed by atoms with van der Waals surface area (Å²) in [6.07, 6.45) is -3.21. The summed E-state index contributed by atoms with van der Waals surface area (Å²) in [5, 5.41) is 8.64. The minimum atomic E-state index is -4.57. The predicted octanol–water partition coefficient (Wildman–Crippen LogP) is 6.22. The van der Waals surface area contributed by atoms with Gasteiger partial charge in [-0.3, -0.25) is 14.6 Å². The van der Waals surface area contributed by atoms with Crippen LogP contribution >= 0.6 is 0 Å². The van der Waals surface area contributed by atoms with Gasteiger partial charge in [0.05, 0.1) is 5.56 Å². The van der Waals surface area contributed by atoms with Gasteiger partial charge < -0.3 is 20.9 Å². The molecule has 3 amide bonds. The lowest BCUT2D eigenvalue weighted by Gasteiger charge is -2.32. The molecule has 0 atom stereocenters. The van der Waals surface area contributed by atoms with Gasteiger partial charge >= 0.3 is 12.2 Å². The normalized spacial score (nSPS) is 14.0. The van der Waals surface area contributed by atoms with E-state index in [4.69, 9.17) is 0 Å². The second-order valence-corrected chi connectivity index (χ2v) is 11.2. The van der Waals surface area contributed by atoms with Gasteiger partial charge in [0.25, 0.3) is 5.91 Å². The Kier molecular flexibility index (Phi) is 9.83. The fourth-order valence-corrected chi connectivity index (χ4v) is 4.88. The third kappa shape index (κ3) is 8.37. The highest BCUT2D eigenvalue weighted by Gasteiger charge is 2.31. The van der Waals surface area contributed by atoms with Crippen molar-refractivity contribution in [2.75, 3.05) is 61.1 Å². The van der Waals surface area contributed by atoms with Crippen LogP contribution in [-0.4, -0.2) is 72.0 Å². The maximum Gasteiger partial charge on any atom is 0.416 e. The van der Waals surface area contributed by atoms with Crippen LogP contribution in [-0.2, 0) is 12.7 Å². The van der Waals surface area contributed by atoms with Crippen LogP contribution in [0.3, 0.4) is 0 Å². The first-order chi connectivity index (χ1) is 21.9. The van der Waals surface area contributed by atoms with Crippen LogP contribution in [0.25, 0.3) is 0 Å². The number of hydrogen-bond acceptors (Lipinski definition) is 7. The zero-order valence-electron chi connectivity index (χ0n) is 25.7. The standard InChI is InChI=1S/C33H35F3N8O2/c1-22-7-10-27(40-31(45)24-5-4-6-25(17-24)33(34,35)36)18-28(22)41-32(46)43(3)30-19-29(37-21-38-30)39-26-11-8-23(9-12-26)20-44-15-13-42(2)14-16-44/h4-12,17-19,21H,13-16,20H2,1-3H3,(H,40,45)(H,41,46)(H,37,38,39). The van der Waals surface area contributed by atoms with E-state index in [-0.39, 0.29) is 5.56 Å². The number of rotatable bonds is 8. The summed E-state index contributed by atoms with van der Waals surface area (Å²) in [6.45, 7) is 6.91. The molecule has 2 heterocycles. The summed E-state index contributed by atoms with van der Waals surface area (Å²) >= 11 is 0. The Morgan fingerprint density at radius 1 is 0.891 bits per heavy atom. The number of carbonyl (C=O) groups excluding carboxylic acids is 2. The molecule has 3 N–H and O–H groups in total. The van der Waals surface area contributed by atoms with Crippen LogP contribution in [0.15, 0.2) is 79.1 Å². The number of aryl methyl sites for hydroxylation is 1. The average molecular weight is 633 g/mol. The number of hydrogen-bond donors (Lipinski definition) is 3. The summed E-state index contributed by atoms with van der Waals surface area (Å²) in [5.74, 6) is 0.135. The van der Waals surface area contributed by atoms with E-state index in [1.54, 1.807) is 32.2 Å². The van der Waals surface area contributed by atoms with E-state index in [9.17, 15) is 22.8 Å². The molecule has 46 heavy (non-hydrogen) atoms. The Bertz CT molecular complexity index is 1690. The molecule has 1 aliphatic heterocycles. The largest absolute Gasteiger partial charge is 0.416 e. The summed E-state index contributed by atoms with van der Waals surface area (Å²) < 4.78 is 39.3. The van der Waals surface area contributed by atoms with Crippen molar-refractivity contribution in [2.45, 2.75) is 19.6 Å². The van der Waals surface area contributed by atoms with Crippen LogP contribution in [0, 0.1) is 6.92 Å². The van der Waals surface area contributed by atoms with E-state index in [1.807, 2.05) is 12.1 Å². The van der Waals surface area contributed by atoms with Crippen LogP contribution in [0.2, 0.25) is 0 Å². The van der Waals surface area contributed by atoms with E-state index in [0.29, 0.717) is 28.6 Å². The summed E-state index contributed by atoms with van der Waals surface area (Å²) in [4.78, 5) is 40.5. The molecular weight excluding hydrogens is 597 g/mol. The number of carbonyl (C=O) groups is 2. The Labute approximate surface area is 265 Å². The van der Waals surface area contributed by atoms with E-state index >= 15 is 0 Å². The Morgan fingerprint density at radius 3 is 2.33 bits per heavy atom. The topological polar surface area (TPSA) is 106 Å². The number of likely N-dealkylation sites (N-methyl/N-ethyl adjacent to an activating group) is 1. The molecule has 0 unspecified atom stereocenters. The molecule has 240 valence electrons. The molecule has 4 aromatic rings. The lowest BCUT2D eigenvalue weighted by molar-refractivity contribution is -0.137. The van der Waals surface area contributed by atoms with Crippen molar-refractivity contribution >= 4 is 40.6 Å². The monoisotopic (exact) mass is 632 g/mol. The Hall–Kier alpha value is -5.01. The van der Waals surface area contributed by atoms with Crippen molar-refractivity contribution in [3.63, 3.8) is 0 Å². The molecule has 0 spiro atoms. The first kappa shape index (κ1) is 32.4. The number of piperazine rings is 1. The third-order valence-corrected chi connectivity index (χ3v) is 7.72. The van der Waals surface area contributed by atoms with Gasteiger partial charge in [0.15, 0.2) is 0 Å². The quantitative estimate of drug-likeness (QED) is 0.212. The van der Waals surface area contributed by atoms with Crippen LogP contribution in [0.1, 0.15) is 27.0 Å². The molecule has 1 saturated heterocycles. The van der Waals surface area contributed by atoms with Crippen LogP contribution in [0.4, 0.5) is 46.7 Å². The van der Waals surface area contributed by atoms with Crippen molar-refractivity contribution in [1.82, 2.24) is 19.8 Å². The highest BCUT2D eigenvalue weighted by Crippen LogP contribution is 2.30. The third-order valence-electron chi connectivity index (χ3n) is 7.72. The second kappa shape index (κ2) is 14.0. The van der Waals surface area contributed by atoms with Crippen LogP contribution < -0.4 is 20.9 Å². The van der Waals surface area contributed by atoms with Crippen LogP contribution in [0.5, 0.6) is 0 Å². The Morgan fingerprint density at radius 2 is 1.61 bits per heavy atom. The number of benzene rings is 3. The van der Waals surface area contributed by atoms with Crippen molar-refractivity contribution in [3.05, 3.63) is 101 Å². The van der Waals surface area contributed by atoms with Crippen molar-refractivity contribution in [3.8, 4) is 0 Å². The highest BCUT2D eigenvalue weighted by atomic mass is 19.4. The van der Waals surface area contributed by atoms with Gasteiger partial charge in [0.1, 0.15) is 18.0 Å². The van der Waals surface area contributed by atoms with E-state index in [2.05, 4.69) is 54.9 Å². The van der Waals surface area contributed by atoms with Gasteiger partial charge in [-0.05, 0) is 67.6 Å². The average Bonchev–Trinajstić information content (AvgIpc) is 3.04. The minimum Gasteiger partial charge on any atom is -0.340 e. The smallest absolute Gasteiger partial charge is 0.340 e. The number of anilines is 5. The van der Waals surface area contributed by atoms with Gasteiger partial charge in [0.2, 0.25) is 0 Å². The first-order valence-corrected chi connectivity index (χ1v) is 14.7. The van der Waals surface area contributed by atoms with Crippen molar-refractivity contribution in [1.29, 1.82) is 0 Å². The molecule has 3 aromatic carbocycles. The molecular formula is C33H35F3N8O2. The molecule has 0 radical (unpaired) electrons. The zero-order valence-corrected chi connectivity index (χ0v) is 25.7. The first-order valence-electron chi connectivity index (χ1n) is 14.7. The number of urea groups is 1. The number of aromatic nitrogens is 2. The molecule has 1 aromatic heterocycles. The maximum atomic E-state index is 13.2. The van der Waals surface area contributed by atoms with E-state index < -0.39 is 23.7 Å². The molecule has 0 aliphatic carbocycles. The Balaban J connectivity index is 1.20. The molecule has 13 heteroatoms. The fourth-order valence-electron chi connectivity index (χ4n) is 4.88. The van der Waals surface area contributed by atoms with Gasteiger partial charge in [-0.15, -0.1) is 0 Å². The number of amides is 3. The summed E-state index contributed by atoms with van der Waals surface area (Å²) in [5.41, 5.74) is 2.42. The molecule has 0 bridgehead atoms. The number of alkyl halides is 3. The second-order valence-electron chi connectivity index (χ2n) is 11.2. The molecule has 10 nitrogen and oxygen atoms in total. The lowest BCUT2D eigenvalue weighted by atomic mass is 10.1. The fraction of sp³-hybridized carbons (Fsp3) is 0.273. The van der Waals surface area contributed by atoms with Gasteiger partial charge in [-0.25, -0.2) is 14.8 Å². The summed E-state index contributed by atoms with van der Waals surface area (Å²) in [6, 6.07) is 18.3. The SMILES string of the molecule is Cc1ccc(NC(=O)c2cccc(C(F)(F)F)c2)cc1NC(=O)N(C)c1cc(Nc2ccc(CN3CCN(C)CC3)cc2)ncn1. The molecule has 5 rings (SSSR count). The summed E-state index contributed by atoms with van der Waals surface area (Å²) in [7, 11) is 3.70. The van der Waals surface area contributed by atoms with Gasteiger partial charge in [-0.1, -0.05) is 24.3 Å². The number of halogens is 3. The number of nitrogens with zero attached hydrogens (tertiary/aromatic N) is 5. The number of nitrogens with one attached hydrogen (secondary N) is 3. The van der Waals surface area contributed by atoms with Crippen molar-refractivity contribution in [2.24, 2.45) is 0 Å². The van der Waals surface area contributed by atoms with Gasteiger partial charge in [-0.2, -0.15) is 13.2 Å². The molecule has 1 fully saturated rings. The maximum absolute atomic E-state index is 13.2. The molecule has 1 aliphatic rings. The molecule has 0 saturated carbocycles. The zero-order chi connectivity index (χ0) is 32.8.